The first-order valence-corrected chi connectivity index (χ1v) is 10.7. The van der Waals surface area contributed by atoms with Crippen LogP contribution in [0.5, 0.6) is 0 Å². The molecular formula is C26H28ClN3O3. The Hall–Kier alpha value is -3.35. The van der Waals surface area contributed by atoms with E-state index >= 15 is 0 Å². The topological polar surface area (TPSA) is 93.5 Å². The highest BCUT2D eigenvalue weighted by molar-refractivity contribution is 6.04. The van der Waals surface area contributed by atoms with E-state index in [1.165, 1.54) is 5.56 Å². The van der Waals surface area contributed by atoms with Crippen molar-refractivity contribution in [2.75, 3.05) is 10.6 Å². The number of anilines is 2. The molecule has 1 aliphatic carbocycles. The van der Waals surface area contributed by atoms with E-state index in [0.29, 0.717) is 17.2 Å². The average molecular weight is 466 g/mol. The summed E-state index contributed by atoms with van der Waals surface area (Å²) in [5.74, 6) is 0.181. The predicted octanol–water partition coefficient (Wildman–Crippen LogP) is 5.70. The monoisotopic (exact) mass is 465 g/mol. The molecule has 3 aromatic carbocycles. The van der Waals surface area contributed by atoms with Gasteiger partial charge in [-0.3, -0.25) is 10.1 Å². The van der Waals surface area contributed by atoms with Crippen LogP contribution in [0.25, 0.3) is 0 Å². The number of halogens is 1. The summed E-state index contributed by atoms with van der Waals surface area (Å²) in [5, 5.41) is 5.55. The fourth-order valence-electron chi connectivity index (χ4n) is 3.75. The first-order valence-electron chi connectivity index (χ1n) is 10.7. The molecule has 6 nitrogen and oxygen atoms in total. The van der Waals surface area contributed by atoms with Crippen molar-refractivity contribution in [3.63, 3.8) is 0 Å². The number of nitrogens with two attached hydrogens (primary N) is 1. The highest BCUT2D eigenvalue weighted by atomic mass is 35.5. The van der Waals surface area contributed by atoms with Crippen molar-refractivity contribution in [2.45, 2.75) is 37.8 Å². The van der Waals surface area contributed by atoms with E-state index in [1.807, 2.05) is 54.6 Å². The lowest BCUT2D eigenvalue weighted by Crippen LogP contribution is -2.22. The third-order valence-electron chi connectivity index (χ3n) is 5.95. The van der Waals surface area contributed by atoms with Crippen LogP contribution in [-0.4, -0.2) is 17.5 Å². The van der Waals surface area contributed by atoms with Gasteiger partial charge in [0.05, 0.1) is 0 Å². The second-order valence-electron chi connectivity index (χ2n) is 8.18. The van der Waals surface area contributed by atoms with E-state index in [2.05, 4.69) is 17.6 Å². The van der Waals surface area contributed by atoms with Gasteiger partial charge in [-0.1, -0.05) is 49.4 Å². The number of rotatable bonds is 7. The van der Waals surface area contributed by atoms with Gasteiger partial charge in [0.15, 0.2) is 0 Å². The van der Waals surface area contributed by atoms with Crippen molar-refractivity contribution in [1.82, 2.24) is 0 Å². The number of benzene rings is 3. The molecule has 2 amide bonds. The van der Waals surface area contributed by atoms with Crippen molar-refractivity contribution in [1.29, 1.82) is 0 Å². The van der Waals surface area contributed by atoms with Crippen LogP contribution in [0.4, 0.5) is 16.2 Å². The number of hydrogen-bond acceptors (Lipinski definition) is 4. The summed E-state index contributed by atoms with van der Waals surface area (Å²) in [6.45, 7) is 2.31. The SMILES string of the molecule is CC[C@]1(N)C[C@H]1c1ccc(NC(=O)c2ccc(NC(=O)OCc3ccccc3)cc2)cc1.Cl. The van der Waals surface area contributed by atoms with Crippen LogP contribution < -0.4 is 16.4 Å². The first-order chi connectivity index (χ1) is 15.5. The molecule has 4 N–H and O–H groups in total. The number of hydrogen-bond donors (Lipinski definition) is 3. The van der Waals surface area contributed by atoms with Gasteiger partial charge in [0.25, 0.3) is 5.91 Å². The standard InChI is InChI=1S/C26H27N3O3.ClH/c1-2-26(27)16-23(26)19-8-12-21(13-9-19)28-24(30)20-10-14-22(15-11-20)29-25(31)32-17-18-6-4-3-5-7-18;/h3-15,23H,2,16-17,27H2,1H3,(H,28,30)(H,29,31);1H/t23-,26-;/m0./s1. The van der Waals surface area contributed by atoms with Crippen molar-refractivity contribution in [2.24, 2.45) is 5.73 Å². The largest absolute Gasteiger partial charge is 0.444 e. The molecule has 3 aromatic rings. The highest BCUT2D eigenvalue weighted by Gasteiger charge is 2.49. The summed E-state index contributed by atoms with van der Waals surface area (Å²) in [6.07, 6.45) is 1.42. The molecule has 172 valence electrons. The van der Waals surface area contributed by atoms with Crippen LogP contribution >= 0.6 is 12.4 Å². The van der Waals surface area contributed by atoms with Crippen LogP contribution in [0.1, 0.15) is 47.2 Å². The second-order valence-corrected chi connectivity index (χ2v) is 8.18. The van der Waals surface area contributed by atoms with Crippen molar-refractivity contribution in [3.8, 4) is 0 Å². The molecule has 0 aromatic heterocycles. The molecule has 0 radical (unpaired) electrons. The molecule has 0 saturated heterocycles. The molecule has 4 rings (SSSR count). The molecule has 0 bridgehead atoms. The van der Waals surface area contributed by atoms with E-state index in [4.69, 9.17) is 10.5 Å². The van der Waals surface area contributed by atoms with Gasteiger partial charge in [0.1, 0.15) is 6.61 Å². The van der Waals surface area contributed by atoms with Gasteiger partial charge in [-0.05, 0) is 60.4 Å². The van der Waals surface area contributed by atoms with Crippen molar-refractivity contribution < 1.29 is 14.3 Å². The fourth-order valence-corrected chi connectivity index (χ4v) is 3.75. The summed E-state index contributed by atoms with van der Waals surface area (Å²) < 4.78 is 5.20. The van der Waals surface area contributed by atoms with E-state index < -0.39 is 6.09 Å². The molecule has 33 heavy (non-hydrogen) atoms. The van der Waals surface area contributed by atoms with E-state index in [1.54, 1.807) is 24.3 Å². The number of carbonyl (C=O) groups excluding carboxylic acids is 2. The molecule has 1 aliphatic rings. The van der Waals surface area contributed by atoms with Gasteiger partial charge in [0, 0.05) is 28.4 Å². The minimum absolute atomic E-state index is 0. The number of ether oxygens (including phenoxy) is 1. The molecule has 0 spiro atoms. The van der Waals surface area contributed by atoms with Crippen LogP contribution in [-0.2, 0) is 11.3 Å². The third kappa shape index (κ3) is 6.12. The average Bonchev–Trinajstić information content (AvgIpc) is 3.51. The van der Waals surface area contributed by atoms with Gasteiger partial charge < -0.3 is 15.8 Å². The maximum absolute atomic E-state index is 12.5. The lowest BCUT2D eigenvalue weighted by Gasteiger charge is -2.10. The van der Waals surface area contributed by atoms with Crippen LogP contribution in [0.2, 0.25) is 0 Å². The smallest absolute Gasteiger partial charge is 0.411 e. The summed E-state index contributed by atoms with van der Waals surface area (Å²) in [4.78, 5) is 24.5. The Morgan fingerprint density at radius 3 is 2.15 bits per heavy atom. The van der Waals surface area contributed by atoms with E-state index in [0.717, 1.165) is 24.1 Å². The summed E-state index contributed by atoms with van der Waals surface area (Å²) in [5.41, 5.74) is 10.1. The van der Waals surface area contributed by atoms with Crippen LogP contribution in [0.3, 0.4) is 0 Å². The zero-order valence-electron chi connectivity index (χ0n) is 18.4. The molecule has 0 aliphatic heterocycles. The maximum atomic E-state index is 12.5. The highest BCUT2D eigenvalue weighted by Crippen LogP contribution is 2.51. The molecule has 0 unspecified atom stereocenters. The quantitative estimate of drug-likeness (QED) is 0.417. The predicted molar refractivity (Wildman–Crippen MR) is 133 cm³/mol. The van der Waals surface area contributed by atoms with Gasteiger partial charge >= 0.3 is 6.09 Å². The third-order valence-corrected chi connectivity index (χ3v) is 5.95. The molecule has 7 heteroatoms. The lowest BCUT2D eigenvalue weighted by atomic mass is 10.0. The van der Waals surface area contributed by atoms with Crippen molar-refractivity contribution in [3.05, 3.63) is 95.6 Å². The molecule has 2 atom stereocenters. The van der Waals surface area contributed by atoms with E-state index in [-0.39, 0.29) is 30.5 Å². The molecular weight excluding hydrogens is 438 g/mol. The van der Waals surface area contributed by atoms with Crippen molar-refractivity contribution >= 4 is 35.8 Å². The summed E-state index contributed by atoms with van der Waals surface area (Å²) >= 11 is 0. The number of carbonyl (C=O) groups is 2. The Morgan fingerprint density at radius 2 is 1.55 bits per heavy atom. The minimum Gasteiger partial charge on any atom is -0.444 e. The molecule has 1 saturated carbocycles. The zero-order valence-corrected chi connectivity index (χ0v) is 19.2. The number of nitrogens with one attached hydrogen (secondary N) is 2. The lowest BCUT2D eigenvalue weighted by molar-refractivity contribution is 0.102. The van der Waals surface area contributed by atoms with Gasteiger partial charge in [-0.25, -0.2) is 4.79 Å². The summed E-state index contributed by atoms with van der Waals surface area (Å²) in [7, 11) is 0. The van der Waals surface area contributed by atoms with Gasteiger partial charge in [-0.2, -0.15) is 0 Å². The second kappa shape index (κ2) is 10.5. The van der Waals surface area contributed by atoms with Crippen LogP contribution in [0, 0.1) is 0 Å². The molecule has 0 heterocycles. The van der Waals surface area contributed by atoms with Gasteiger partial charge in [-0.15, -0.1) is 12.4 Å². The van der Waals surface area contributed by atoms with Gasteiger partial charge in [0.2, 0.25) is 0 Å². The Labute approximate surface area is 199 Å². The first kappa shape index (κ1) is 24.3. The Bertz CT molecular complexity index is 1090. The van der Waals surface area contributed by atoms with Crippen LogP contribution in [0.15, 0.2) is 78.9 Å². The maximum Gasteiger partial charge on any atom is 0.411 e. The van der Waals surface area contributed by atoms with E-state index in [9.17, 15) is 9.59 Å². The zero-order chi connectivity index (χ0) is 22.6. The summed E-state index contributed by atoms with van der Waals surface area (Å²) in [6, 6.07) is 24.0. The Balaban J connectivity index is 0.00000306. The normalized spacial score (nSPS) is 18.5. The molecule has 1 fully saturated rings. The minimum atomic E-state index is -0.550. The fraction of sp³-hybridized carbons (Fsp3) is 0.231. The Morgan fingerprint density at radius 1 is 0.939 bits per heavy atom. The number of amides is 2. The Kier molecular flexibility index (Phi) is 7.74.